The summed E-state index contributed by atoms with van der Waals surface area (Å²) in [6.45, 7) is 0.461. The van der Waals surface area contributed by atoms with E-state index in [2.05, 4.69) is 15.2 Å². The highest BCUT2D eigenvalue weighted by molar-refractivity contribution is 6.42. The van der Waals surface area contributed by atoms with Crippen LogP contribution in [0.5, 0.6) is 0 Å². The molecule has 18 heavy (non-hydrogen) atoms. The fraction of sp³-hybridized carbons (Fsp3) is 0.100. The zero-order valence-electron chi connectivity index (χ0n) is 9.09. The van der Waals surface area contributed by atoms with E-state index in [1.807, 2.05) is 6.07 Å². The second-order valence-electron chi connectivity index (χ2n) is 3.50. The van der Waals surface area contributed by atoms with Crippen molar-refractivity contribution in [3.63, 3.8) is 0 Å². The molecule has 0 spiro atoms. The first kappa shape index (κ1) is 12.7. The molecular formula is C10H9Cl2N5O. The quantitative estimate of drug-likeness (QED) is 0.389. The number of rotatable bonds is 3. The second kappa shape index (κ2) is 5.24. The molecule has 0 unspecified atom stereocenters. The zero-order valence-corrected chi connectivity index (χ0v) is 10.6. The van der Waals surface area contributed by atoms with Gasteiger partial charge in [0.1, 0.15) is 6.33 Å². The number of nitrogens with two attached hydrogens (primary N) is 1. The van der Waals surface area contributed by atoms with Crippen molar-refractivity contribution in [3.8, 4) is 0 Å². The lowest BCUT2D eigenvalue weighted by Crippen LogP contribution is -2.15. The number of oxime groups is 1. The number of hydrogen-bond donors (Lipinski definition) is 2. The number of nitrogens with zero attached hydrogens (tertiary/aromatic N) is 4. The van der Waals surface area contributed by atoms with Crippen LogP contribution in [0, 0.1) is 0 Å². The van der Waals surface area contributed by atoms with Crippen LogP contribution in [-0.2, 0) is 6.54 Å². The SMILES string of the molecule is NC(=NO)c1ncn(Cc2ccc(Cl)c(Cl)c2)n1. The monoisotopic (exact) mass is 285 g/mol. The van der Waals surface area contributed by atoms with E-state index in [0.717, 1.165) is 5.56 Å². The van der Waals surface area contributed by atoms with Crippen molar-refractivity contribution in [3.05, 3.63) is 46.0 Å². The van der Waals surface area contributed by atoms with Crippen LogP contribution in [0.15, 0.2) is 29.7 Å². The van der Waals surface area contributed by atoms with Gasteiger partial charge in [-0.05, 0) is 17.7 Å². The normalized spacial score (nSPS) is 11.8. The Morgan fingerprint density at radius 2 is 2.17 bits per heavy atom. The maximum absolute atomic E-state index is 8.50. The topological polar surface area (TPSA) is 89.3 Å². The molecule has 0 fully saturated rings. The fourth-order valence-electron chi connectivity index (χ4n) is 1.36. The van der Waals surface area contributed by atoms with Gasteiger partial charge in [-0.3, -0.25) is 0 Å². The highest BCUT2D eigenvalue weighted by atomic mass is 35.5. The van der Waals surface area contributed by atoms with Crippen LogP contribution >= 0.6 is 23.2 Å². The number of hydrogen-bond acceptors (Lipinski definition) is 4. The zero-order chi connectivity index (χ0) is 13.1. The van der Waals surface area contributed by atoms with Crippen LogP contribution in [-0.4, -0.2) is 25.8 Å². The molecule has 1 aromatic carbocycles. The summed E-state index contributed by atoms with van der Waals surface area (Å²) in [7, 11) is 0. The van der Waals surface area contributed by atoms with Crippen molar-refractivity contribution in [2.45, 2.75) is 6.54 Å². The Kier molecular flexibility index (Phi) is 3.69. The van der Waals surface area contributed by atoms with Crippen molar-refractivity contribution in [2.24, 2.45) is 10.9 Å². The summed E-state index contributed by atoms with van der Waals surface area (Å²) in [5, 5.41) is 16.3. The van der Waals surface area contributed by atoms with Gasteiger partial charge in [-0.15, -0.1) is 5.10 Å². The summed E-state index contributed by atoms with van der Waals surface area (Å²) in [6, 6.07) is 5.29. The van der Waals surface area contributed by atoms with Crippen LogP contribution in [0.4, 0.5) is 0 Å². The molecule has 2 rings (SSSR count). The Bertz CT molecular complexity index is 596. The smallest absolute Gasteiger partial charge is 0.219 e. The molecule has 0 aliphatic heterocycles. The predicted molar refractivity (Wildman–Crippen MR) is 68.1 cm³/mol. The van der Waals surface area contributed by atoms with Crippen LogP contribution in [0.25, 0.3) is 0 Å². The van der Waals surface area contributed by atoms with E-state index >= 15 is 0 Å². The average molecular weight is 286 g/mol. The Morgan fingerprint density at radius 3 is 2.83 bits per heavy atom. The molecule has 1 heterocycles. The fourth-order valence-corrected chi connectivity index (χ4v) is 1.68. The lowest BCUT2D eigenvalue weighted by Gasteiger charge is -2.02. The molecule has 6 nitrogen and oxygen atoms in total. The Labute approximate surface area is 113 Å². The van der Waals surface area contributed by atoms with E-state index < -0.39 is 0 Å². The molecule has 94 valence electrons. The van der Waals surface area contributed by atoms with Crippen LogP contribution in [0.1, 0.15) is 11.4 Å². The molecule has 2 aromatic rings. The standard InChI is InChI=1S/C10H9Cl2N5O/c11-7-2-1-6(3-8(7)12)4-17-5-14-10(15-17)9(13)16-18/h1-3,5,18H,4H2,(H2,13,16). The summed E-state index contributed by atoms with van der Waals surface area (Å²) < 4.78 is 1.55. The van der Waals surface area contributed by atoms with E-state index in [4.69, 9.17) is 34.1 Å². The lowest BCUT2D eigenvalue weighted by molar-refractivity contribution is 0.318. The van der Waals surface area contributed by atoms with Crippen molar-refractivity contribution in [1.82, 2.24) is 14.8 Å². The number of benzene rings is 1. The van der Waals surface area contributed by atoms with Crippen molar-refractivity contribution in [2.75, 3.05) is 0 Å². The largest absolute Gasteiger partial charge is 0.409 e. The van der Waals surface area contributed by atoms with Gasteiger partial charge < -0.3 is 10.9 Å². The Hall–Kier alpha value is -1.79. The highest BCUT2D eigenvalue weighted by Crippen LogP contribution is 2.22. The van der Waals surface area contributed by atoms with E-state index in [1.165, 1.54) is 6.33 Å². The van der Waals surface area contributed by atoms with Gasteiger partial charge in [0.15, 0.2) is 0 Å². The molecule has 0 amide bonds. The minimum Gasteiger partial charge on any atom is -0.409 e. The molecule has 8 heteroatoms. The summed E-state index contributed by atoms with van der Waals surface area (Å²) in [4.78, 5) is 3.90. The molecule has 3 N–H and O–H groups in total. The van der Waals surface area contributed by atoms with Gasteiger partial charge >= 0.3 is 0 Å². The molecule has 0 saturated carbocycles. The van der Waals surface area contributed by atoms with Crippen molar-refractivity contribution in [1.29, 1.82) is 0 Å². The molecular weight excluding hydrogens is 277 g/mol. The molecule has 1 aromatic heterocycles. The molecule has 0 saturated heterocycles. The number of amidine groups is 1. The van der Waals surface area contributed by atoms with Gasteiger partial charge in [-0.25, -0.2) is 9.67 Å². The first-order valence-electron chi connectivity index (χ1n) is 4.91. The van der Waals surface area contributed by atoms with Crippen molar-refractivity contribution >= 4 is 29.0 Å². The predicted octanol–water partition coefficient (Wildman–Crippen LogP) is 1.73. The summed E-state index contributed by atoms with van der Waals surface area (Å²) >= 11 is 11.7. The minimum absolute atomic E-state index is 0.136. The Balaban J connectivity index is 2.18. The van der Waals surface area contributed by atoms with Crippen molar-refractivity contribution < 1.29 is 5.21 Å². The van der Waals surface area contributed by atoms with Gasteiger partial charge in [-0.2, -0.15) is 0 Å². The van der Waals surface area contributed by atoms with E-state index in [9.17, 15) is 0 Å². The molecule has 0 aliphatic carbocycles. The van der Waals surface area contributed by atoms with E-state index in [-0.39, 0.29) is 11.7 Å². The third-order valence-electron chi connectivity index (χ3n) is 2.20. The van der Waals surface area contributed by atoms with Gasteiger partial charge in [0, 0.05) is 0 Å². The molecule has 0 aliphatic rings. The van der Waals surface area contributed by atoms with Gasteiger partial charge in [0.2, 0.25) is 11.7 Å². The first-order chi connectivity index (χ1) is 8.60. The third kappa shape index (κ3) is 2.72. The summed E-state index contributed by atoms with van der Waals surface area (Å²) in [6.07, 6.45) is 1.48. The van der Waals surface area contributed by atoms with Crippen LogP contribution < -0.4 is 5.73 Å². The first-order valence-corrected chi connectivity index (χ1v) is 5.67. The maximum Gasteiger partial charge on any atom is 0.219 e. The summed E-state index contributed by atoms with van der Waals surface area (Å²) in [5.74, 6) is 0.0282. The number of halogens is 2. The van der Waals surface area contributed by atoms with Gasteiger partial charge in [0.05, 0.1) is 16.6 Å². The van der Waals surface area contributed by atoms with Crippen LogP contribution in [0.3, 0.4) is 0 Å². The van der Waals surface area contributed by atoms with Gasteiger partial charge in [0.25, 0.3) is 0 Å². The minimum atomic E-state index is -0.136. The maximum atomic E-state index is 8.50. The lowest BCUT2D eigenvalue weighted by atomic mass is 10.2. The summed E-state index contributed by atoms with van der Waals surface area (Å²) in [5.41, 5.74) is 6.29. The van der Waals surface area contributed by atoms with E-state index in [0.29, 0.717) is 16.6 Å². The molecule has 0 radical (unpaired) electrons. The average Bonchev–Trinajstić information content (AvgIpc) is 2.81. The van der Waals surface area contributed by atoms with Gasteiger partial charge in [-0.1, -0.05) is 34.4 Å². The molecule has 0 atom stereocenters. The third-order valence-corrected chi connectivity index (χ3v) is 2.94. The Morgan fingerprint density at radius 1 is 1.39 bits per heavy atom. The second-order valence-corrected chi connectivity index (χ2v) is 4.31. The highest BCUT2D eigenvalue weighted by Gasteiger charge is 2.06. The molecule has 0 bridgehead atoms. The number of aromatic nitrogens is 3. The van der Waals surface area contributed by atoms with E-state index in [1.54, 1.807) is 16.8 Å². The van der Waals surface area contributed by atoms with Crippen LogP contribution in [0.2, 0.25) is 10.0 Å².